The predicted molar refractivity (Wildman–Crippen MR) is 124 cm³/mol. The number of rotatable bonds is 11. The largest absolute Gasteiger partial charge is 0.490 e. The van der Waals surface area contributed by atoms with Crippen LogP contribution in [0.15, 0.2) is 52.4 Å². The number of ether oxygens (including phenoxy) is 2. The third kappa shape index (κ3) is 6.41. The number of benzene rings is 2. The normalized spacial score (nSPS) is 11.1. The van der Waals surface area contributed by atoms with Gasteiger partial charge in [0.15, 0.2) is 11.5 Å². The molecule has 0 atom stereocenters. The lowest BCUT2D eigenvalue weighted by Crippen LogP contribution is -2.21. The monoisotopic (exact) mass is 436 g/mol. The number of amides is 1. The van der Waals surface area contributed by atoms with E-state index in [1.807, 2.05) is 43.3 Å². The smallest absolute Gasteiger partial charge is 0.270 e. The minimum absolute atomic E-state index is 0.0974. The molecule has 0 bridgehead atoms. The molecule has 0 aliphatic heterocycles. The van der Waals surface area contributed by atoms with E-state index in [2.05, 4.69) is 27.4 Å². The maximum Gasteiger partial charge on any atom is 0.270 e. The lowest BCUT2D eigenvalue weighted by atomic mass is 10.2. The predicted octanol–water partition coefficient (Wildman–Crippen LogP) is 3.58. The second kappa shape index (κ2) is 11.6. The molecule has 3 aromatic rings. The zero-order valence-electron chi connectivity index (χ0n) is 18.4. The number of para-hydroxylation sites is 2. The van der Waals surface area contributed by atoms with Crippen molar-refractivity contribution in [2.75, 3.05) is 13.2 Å². The van der Waals surface area contributed by atoms with Crippen molar-refractivity contribution in [2.24, 2.45) is 5.10 Å². The highest BCUT2D eigenvalue weighted by molar-refractivity contribution is 5.83. The zero-order chi connectivity index (χ0) is 22.8. The van der Waals surface area contributed by atoms with Crippen LogP contribution in [0.3, 0.4) is 0 Å². The van der Waals surface area contributed by atoms with Gasteiger partial charge in [0.1, 0.15) is 5.69 Å². The molecule has 8 nitrogen and oxygen atoms in total. The van der Waals surface area contributed by atoms with Crippen LogP contribution in [0.25, 0.3) is 11.0 Å². The summed E-state index contributed by atoms with van der Waals surface area (Å²) in [5.41, 5.74) is 4.64. The number of H-pyrrole nitrogens is 1. The van der Waals surface area contributed by atoms with Gasteiger partial charge in [-0.1, -0.05) is 25.5 Å². The molecule has 0 unspecified atom stereocenters. The van der Waals surface area contributed by atoms with E-state index in [-0.39, 0.29) is 24.3 Å². The summed E-state index contributed by atoms with van der Waals surface area (Å²) in [6.07, 6.45) is 3.89. The van der Waals surface area contributed by atoms with E-state index >= 15 is 0 Å². The SMILES string of the molecule is CCCCOc1ccc(/C=N/NC(=O)CCc2nc3ccccc3[nH]c2=O)cc1OCC. The first-order chi connectivity index (χ1) is 15.6. The Labute approximate surface area is 186 Å². The van der Waals surface area contributed by atoms with Crippen molar-refractivity contribution >= 4 is 23.2 Å². The number of carbonyl (C=O) groups excluding carboxylic acids is 1. The second-order valence-corrected chi connectivity index (χ2v) is 7.16. The first kappa shape index (κ1) is 23.0. The number of aromatic amines is 1. The molecule has 1 aromatic heterocycles. The van der Waals surface area contributed by atoms with Crippen LogP contribution in [0.2, 0.25) is 0 Å². The zero-order valence-corrected chi connectivity index (χ0v) is 18.4. The summed E-state index contributed by atoms with van der Waals surface area (Å²) >= 11 is 0. The quantitative estimate of drug-likeness (QED) is 0.271. The Bertz CT molecular complexity index is 1140. The number of aryl methyl sites for hydroxylation is 1. The van der Waals surface area contributed by atoms with Crippen LogP contribution < -0.4 is 20.5 Å². The van der Waals surface area contributed by atoms with Gasteiger partial charge >= 0.3 is 0 Å². The molecule has 3 rings (SSSR count). The minimum Gasteiger partial charge on any atom is -0.490 e. The van der Waals surface area contributed by atoms with Gasteiger partial charge in [0.2, 0.25) is 5.91 Å². The summed E-state index contributed by atoms with van der Waals surface area (Å²) in [5.74, 6) is 1.02. The van der Waals surface area contributed by atoms with Crippen molar-refractivity contribution < 1.29 is 14.3 Å². The van der Waals surface area contributed by atoms with Crippen molar-refractivity contribution in [3.63, 3.8) is 0 Å². The number of hydrogen-bond acceptors (Lipinski definition) is 6. The van der Waals surface area contributed by atoms with Gasteiger partial charge in [-0.25, -0.2) is 10.4 Å². The molecular weight excluding hydrogens is 408 g/mol. The summed E-state index contributed by atoms with van der Waals surface area (Å²) in [6.45, 7) is 5.17. The number of nitrogens with one attached hydrogen (secondary N) is 2. The molecule has 2 N–H and O–H groups in total. The highest BCUT2D eigenvalue weighted by atomic mass is 16.5. The van der Waals surface area contributed by atoms with E-state index in [9.17, 15) is 9.59 Å². The molecule has 0 aliphatic rings. The fourth-order valence-electron chi connectivity index (χ4n) is 3.02. The molecule has 1 amide bonds. The molecule has 0 saturated carbocycles. The fourth-order valence-corrected chi connectivity index (χ4v) is 3.02. The van der Waals surface area contributed by atoms with Crippen molar-refractivity contribution in [1.29, 1.82) is 0 Å². The Balaban J connectivity index is 1.56. The molecule has 0 fully saturated rings. The molecule has 2 aromatic carbocycles. The highest BCUT2D eigenvalue weighted by Gasteiger charge is 2.08. The number of aromatic nitrogens is 2. The van der Waals surface area contributed by atoms with Gasteiger partial charge in [-0.2, -0.15) is 5.10 Å². The third-order valence-corrected chi connectivity index (χ3v) is 4.68. The van der Waals surface area contributed by atoms with Gasteiger partial charge < -0.3 is 14.5 Å². The third-order valence-electron chi connectivity index (χ3n) is 4.68. The number of carbonyl (C=O) groups is 1. The lowest BCUT2D eigenvalue weighted by Gasteiger charge is -2.12. The number of hydrogen-bond donors (Lipinski definition) is 2. The molecule has 0 spiro atoms. The first-order valence-corrected chi connectivity index (χ1v) is 10.8. The van der Waals surface area contributed by atoms with Crippen LogP contribution in [0.1, 0.15) is 44.4 Å². The molecule has 32 heavy (non-hydrogen) atoms. The van der Waals surface area contributed by atoms with E-state index in [0.29, 0.717) is 41.4 Å². The molecule has 168 valence electrons. The summed E-state index contributed by atoms with van der Waals surface area (Å²) in [5, 5.41) is 4.01. The van der Waals surface area contributed by atoms with Crippen LogP contribution in [0, 0.1) is 0 Å². The standard InChI is InChI=1S/C24H28N4O4/c1-3-5-14-32-21-12-10-17(15-22(21)31-4-2)16-25-28-23(29)13-11-20-24(30)27-19-9-7-6-8-18(19)26-20/h6-10,12,15-16H,3-5,11,13-14H2,1-2H3,(H,27,30)(H,28,29)/b25-16+. The average molecular weight is 437 g/mol. The van der Waals surface area contributed by atoms with Gasteiger partial charge in [0.05, 0.1) is 30.5 Å². The molecule has 0 aliphatic carbocycles. The molecule has 8 heteroatoms. The number of fused-ring (bicyclic) bond motifs is 1. The van der Waals surface area contributed by atoms with Gasteiger partial charge in [-0.15, -0.1) is 0 Å². The Morgan fingerprint density at radius 3 is 2.81 bits per heavy atom. The van der Waals surface area contributed by atoms with Crippen LogP contribution in [-0.4, -0.2) is 35.3 Å². The minimum atomic E-state index is -0.305. The van der Waals surface area contributed by atoms with Crippen LogP contribution in [0.5, 0.6) is 11.5 Å². The summed E-state index contributed by atoms with van der Waals surface area (Å²) in [4.78, 5) is 31.4. The van der Waals surface area contributed by atoms with Crippen molar-refractivity contribution in [1.82, 2.24) is 15.4 Å². The highest BCUT2D eigenvalue weighted by Crippen LogP contribution is 2.28. The molecular formula is C24H28N4O4. The van der Waals surface area contributed by atoms with Crippen LogP contribution in [0.4, 0.5) is 0 Å². The van der Waals surface area contributed by atoms with E-state index in [1.165, 1.54) is 6.21 Å². The van der Waals surface area contributed by atoms with E-state index in [0.717, 1.165) is 18.4 Å². The first-order valence-electron chi connectivity index (χ1n) is 10.8. The van der Waals surface area contributed by atoms with E-state index < -0.39 is 0 Å². The number of unbranched alkanes of at least 4 members (excludes halogenated alkanes) is 1. The number of nitrogens with zero attached hydrogens (tertiary/aromatic N) is 2. The van der Waals surface area contributed by atoms with Crippen molar-refractivity contribution in [3.05, 3.63) is 64.1 Å². The van der Waals surface area contributed by atoms with E-state index in [1.54, 1.807) is 6.07 Å². The molecule has 0 saturated heterocycles. The van der Waals surface area contributed by atoms with Crippen LogP contribution in [-0.2, 0) is 11.2 Å². The van der Waals surface area contributed by atoms with Crippen molar-refractivity contribution in [2.45, 2.75) is 39.5 Å². The topological polar surface area (TPSA) is 106 Å². The Kier molecular flexibility index (Phi) is 8.36. The lowest BCUT2D eigenvalue weighted by molar-refractivity contribution is -0.121. The average Bonchev–Trinajstić information content (AvgIpc) is 2.79. The Hall–Kier alpha value is -3.68. The van der Waals surface area contributed by atoms with E-state index in [4.69, 9.17) is 9.47 Å². The number of hydrazone groups is 1. The second-order valence-electron chi connectivity index (χ2n) is 7.16. The van der Waals surface area contributed by atoms with Gasteiger partial charge in [-0.05, 0) is 49.2 Å². The van der Waals surface area contributed by atoms with Gasteiger partial charge in [-0.3, -0.25) is 9.59 Å². The molecule has 0 radical (unpaired) electrons. The summed E-state index contributed by atoms with van der Waals surface area (Å²) < 4.78 is 11.4. The summed E-state index contributed by atoms with van der Waals surface area (Å²) in [6, 6.07) is 12.8. The van der Waals surface area contributed by atoms with Gasteiger partial charge in [0.25, 0.3) is 5.56 Å². The summed E-state index contributed by atoms with van der Waals surface area (Å²) in [7, 11) is 0. The fraction of sp³-hybridized carbons (Fsp3) is 0.333. The Morgan fingerprint density at radius 1 is 1.16 bits per heavy atom. The maximum atomic E-state index is 12.1. The molecule has 1 heterocycles. The maximum absolute atomic E-state index is 12.1. The van der Waals surface area contributed by atoms with Crippen LogP contribution >= 0.6 is 0 Å². The van der Waals surface area contributed by atoms with Crippen molar-refractivity contribution in [3.8, 4) is 11.5 Å². The van der Waals surface area contributed by atoms with Gasteiger partial charge in [0, 0.05) is 12.8 Å². The Morgan fingerprint density at radius 2 is 2.00 bits per heavy atom.